The molecule has 1 fully saturated rings. The first kappa shape index (κ1) is 11.3. The van der Waals surface area contributed by atoms with E-state index in [1.807, 2.05) is 6.07 Å². The van der Waals surface area contributed by atoms with E-state index in [-0.39, 0.29) is 0 Å². The summed E-state index contributed by atoms with van der Waals surface area (Å²) in [5.41, 5.74) is 2.49. The molecule has 0 bridgehead atoms. The molecular weight excluding hydrogens is 202 g/mol. The number of nitrogens with one attached hydrogen (secondary N) is 1. The second kappa shape index (κ2) is 4.34. The fourth-order valence-electron chi connectivity index (χ4n) is 2.34. The zero-order valence-electron chi connectivity index (χ0n) is 10.3. The Bertz CT molecular complexity index is 384. The summed E-state index contributed by atoms with van der Waals surface area (Å²) < 4.78 is 10.7. The SMILES string of the molecule is COc1cc(C)c(C2CC(C)N2)c(OC)c1. The summed E-state index contributed by atoms with van der Waals surface area (Å²) in [5.74, 6) is 1.77. The van der Waals surface area contributed by atoms with Crippen molar-refractivity contribution in [3.63, 3.8) is 0 Å². The Hall–Kier alpha value is -1.22. The van der Waals surface area contributed by atoms with Gasteiger partial charge in [-0.25, -0.2) is 0 Å². The third-order valence-corrected chi connectivity index (χ3v) is 3.20. The number of aryl methyl sites for hydroxylation is 1. The molecule has 1 heterocycles. The van der Waals surface area contributed by atoms with Gasteiger partial charge >= 0.3 is 0 Å². The predicted octanol–water partition coefficient (Wildman–Crippen LogP) is 2.44. The second-order valence-corrected chi connectivity index (χ2v) is 4.42. The van der Waals surface area contributed by atoms with E-state index >= 15 is 0 Å². The first-order valence-corrected chi connectivity index (χ1v) is 5.64. The number of hydrogen-bond donors (Lipinski definition) is 1. The lowest BCUT2D eigenvalue weighted by Gasteiger charge is -2.37. The van der Waals surface area contributed by atoms with E-state index in [0.717, 1.165) is 11.5 Å². The molecular formula is C13H19NO2. The average Bonchev–Trinajstić information content (AvgIpc) is 2.24. The molecule has 3 nitrogen and oxygen atoms in total. The summed E-state index contributed by atoms with van der Waals surface area (Å²) in [6.45, 7) is 4.30. The van der Waals surface area contributed by atoms with Gasteiger partial charge in [0.2, 0.25) is 0 Å². The van der Waals surface area contributed by atoms with Gasteiger partial charge in [-0.05, 0) is 31.9 Å². The highest BCUT2D eigenvalue weighted by molar-refractivity contribution is 5.48. The average molecular weight is 221 g/mol. The van der Waals surface area contributed by atoms with Gasteiger partial charge < -0.3 is 14.8 Å². The van der Waals surface area contributed by atoms with Crippen LogP contribution in [0.4, 0.5) is 0 Å². The molecule has 0 amide bonds. The first-order chi connectivity index (χ1) is 7.65. The van der Waals surface area contributed by atoms with Crippen molar-refractivity contribution in [1.82, 2.24) is 5.32 Å². The summed E-state index contributed by atoms with van der Waals surface area (Å²) >= 11 is 0. The van der Waals surface area contributed by atoms with Crippen molar-refractivity contribution in [3.8, 4) is 11.5 Å². The lowest BCUT2D eigenvalue weighted by molar-refractivity contribution is 0.277. The molecule has 1 aromatic carbocycles. The highest BCUT2D eigenvalue weighted by Gasteiger charge is 2.29. The van der Waals surface area contributed by atoms with Crippen molar-refractivity contribution >= 4 is 0 Å². The number of ether oxygens (including phenoxy) is 2. The van der Waals surface area contributed by atoms with E-state index in [1.165, 1.54) is 17.5 Å². The summed E-state index contributed by atoms with van der Waals surface area (Å²) in [6, 6.07) is 5.04. The predicted molar refractivity (Wildman–Crippen MR) is 64.2 cm³/mol. The highest BCUT2D eigenvalue weighted by atomic mass is 16.5. The molecule has 2 rings (SSSR count). The van der Waals surface area contributed by atoms with Gasteiger partial charge in [-0.2, -0.15) is 0 Å². The smallest absolute Gasteiger partial charge is 0.127 e. The molecule has 1 aromatic rings. The maximum Gasteiger partial charge on any atom is 0.127 e. The van der Waals surface area contributed by atoms with Crippen molar-refractivity contribution in [2.24, 2.45) is 0 Å². The molecule has 88 valence electrons. The van der Waals surface area contributed by atoms with Crippen LogP contribution in [0.25, 0.3) is 0 Å². The van der Waals surface area contributed by atoms with Gasteiger partial charge in [-0.15, -0.1) is 0 Å². The molecule has 0 aromatic heterocycles. The van der Waals surface area contributed by atoms with Crippen LogP contribution in [0.1, 0.15) is 30.5 Å². The van der Waals surface area contributed by atoms with Crippen molar-refractivity contribution in [2.75, 3.05) is 14.2 Å². The number of hydrogen-bond acceptors (Lipinski definition) is 3. The number of methoxy groups -OCH3 is 2. The summed E-state index contributed by atoms with van der Waals surface area (Å²) in [7, 11) is 3.39. The minimum Gasteiger partial charge on any atom is -0.497 e. The third kappa shape index (κ3) is 1.87. The van der Waals surface area contributed by atoms with E-state index in [0.29, 0.717) is 12.1 Å². The van der Waals surface area contributed by atoms with Gasteiger partial charge in [0.1, 0.15) is 11.5 Å². The van der Waals surface area contributed by atoms with Gasteiger partial charge in [0.15, 0.2) is 0 Å². The van der Waals surface area contributed by atoms with Crippen molar-refractivity contribution in [3.05, 3.63) is 23.3 Å². The Morgan fingerprint density at radius 1 is 1.25 bits per heavy atom. The number of benzene rings is 1. The van der Waals surface area contributed by atoms with Crippen LogP contribution >= 0.6 is 0 Å². The zero-order valence-corrected chi connectivity index (χ0v) is 10.3. The Morgan fingerprint density at radius 3 is 2.44 bits per heavy atom. The summed E-state index contributed by atoms with van der Waals surface area (Å²) in [5, 5.41) is 3.49. The molecule has 0 aliphatic carbocycles. The highest BCUT2D eigenvalue weighted by Crippen LogP contribution is 2.38. The Kier molecular flexibility index (Phi) is 3.06. The van der Waals surface area contributed by atoms with Crippen LogP contribution in [0, 0.1) is 6.92 Å². The maximum atomic E-state index is 5.44. The first-order valence-electron chi connectivity index (χ1n) is 5.64. The lowest BCUT2D eigenvalue weighted by atomic mass is 9.88. The van der Waals surface area contributed by atoms with Gasteiger partial charge in [0.25, 0.3) is 0 Å². The molecule has 2 atom stereocenters. The zero-order chi connectivity index (χ0) is 11.7. The molecule has 1 N–H and O–H groups in total. The molecule has 0 radical (unpaired) electrons. The molecule has 1 aliphatic rings. The Balaban J connectivity index is 2.35. The maximum absolute atomic E-state index is 5.44. The normalized spacial score (nSPS) is 23.8. The fraction of sp³-hybridized carbons (Fsp3) is 0.538. The van der Waals surface area contributed by atoms with Crippen LogP contribution in [0.5, 0.6) is 11.5 Å². The van der Waals surface area contributed by atoms with Gasteiger partial charge in [0, 0.05) is 23.7 Å². The standard InChI is InChI=1S/C13H19NO2/c1-8-5-10(15-3)7-12(16-4)13(8)11-6-9(2)14-11/h5,7,9,11,14H,6H2,1-4H3. The van der Waals surface area contributed by atoms with Crippen LogP contribution < -0.4 is 14.8 Å². The van der Waals surface area contributed by atoms with Gasteiger partial charge in [-0.3, -0.25) is 0 Å². The largest absolute Gasteiger partial charge is 0.497 e. The minimum atomic E-state index is 0.427. The lowest BCUT2D eigenvalue weighted by Crippen LogP contribution is -2.44. The molecule has 16 heavy (non-hydrogen) atoms. The topological polar surface area (TPSA) is 30.5 Å². The van der Waals surface area contributed by atoms with Crippen LogP contribution in [0.3, 0.4) is 0 Å². The summed E-state index contributed by atoms with van der Waals surface area (Å²) in [4.78, 5) is 0. The van der Waals surface area contributed by atoms with Crippen molar-refractivity contribution < 1.29 is 9.47 Å². The van der Waals surface area contributed by atoms with Crippen LogP contribution in [-0.4, -0.2) is 20.3 Å². The molecule has 0 saturated carbocycles. The number of rotatable bonds is 3. The van der Waals surface area contributed by atoms with E-state index in [9.17, 15) is 0 Å². The molecule has 0 spiro atoms. The minimum absolute atomic E-state index is 0.427. The van der Waals surface area contributed by atoms with E-state index < -0.39 is 0 Å². The molecule has 3 heteroatoms. The Labute approximate surface area is 96.8 Å². The van der Waals surface area contributed by atoms with Crippen molar-refractivity contribution in [1.29, 1.82) is 0 Å². The van der Waals surface area contributed by atoms with Gasteiger partial charge in [-0.1, -0.05) is 0 Å². The van der Waals surface area contributed by atoms with E-state index in [4.69, 9.17) is 9.47 Å². The van der Waals surface area contributed by atoms with Crippen molar-refractivity contribution in [2.45, 2.75) is 32.4 Å². The van der Waals surface area contributed by atoms with Gasteiger partial charge in [0.05, 0.1) is 14.2 Å². The second-order valence-electron chi connectivity index (χ2n) is 4.42. The molecule has 2 unspecified atom stereocenters. The molecule has 1 aliphatic heterocycles. The van der Waals surface area contributed by atoms with Crippen LogP contribution in [-0.2, 0) is 0 Å². The molecule has 1 saturated heterocycles. The Morgan fingerprint density at radius 2 is 1.94 bits per heavy atom. The third-order valence-electron chi connectivity index (χ3n) is 3.20. The van der Waals surface area contributed by atoms with Crippen LogP contribution in [0.15, 0.2) is 12.1 Å². The fourth-order valence-corrected chi connectivity index (χ4v) is 2.34. The quantitative estimate of drug-likeness (QED) is 0.850. The van der Waals surface area contributed by atoms with Crippen LogP contribution in [0.2, 0.25) is 0 Å². The monoisotopic (exact) mass is 221 g/mol. The summed E-state index contributed by atoms with van der Waals surface area (Å²) in [6.07, 6.45) is 1.17. The van der Waals surface area contributed by atoms with E-state index in [1.54, 1.807) is 14.2 Å². The van der Waals surface area contributed by atoms with E-state index in [2.05, 4.69) is 25.2 Å².